The SMILES string of the molecule is c1ccc(-c2ccc(-c3nc(-c4ccc(-n5c6ccccc6c6ccc7c8ccc9c%10ccccc%10n(-c%10cccc(-c%11ccccc%11)c%10)c9c8oc7c65)cc4)nc(-c4ccccc4-c4ccccc4)n3)cc2)cc1. The van der Waals surface area contributed by atoms with E-state index in [0.29, 0.717) is 17.5 Å². The lowest BCUT2D eigenvalue weighted by Crippen LogP contribution is -2.01. The summed E-state index contributed by atoms with van der Waals surface area (Å²) in [6.45, 7) is 0. The van der Waals surface area contributed by atoms with Crippen LogP contribution in [0.15, 0.2) is 265 Å². The van der Waals surface area contributed by atoms with Crippen LogP contribution in [0.3, 0.4) is 0 Å². The van der Waals surface area contributed by atoms with Crippen molar-refractivity contribution < 1.29 is 4.42 Å². The fraction of sp³-hybridized carbons (Fsp3) is 0. The molecule has 0 unspecified atom stereocenters. The second kappa shape index (κ2) is 17.3. The van der Waals surface area contributed by atoms with Crippen LogP contribution in [-0.4, -0.2) is 24.1 Å². The average Bonchev–Trinajstić information content (AvgIpc) is 4.22. The van der Waals surface area contributed by atoms with Gasteiger partial charge in [-0.1, -0.05) is 200 Å². The molecule has 15 rings (SSSR count). The molecule has 0 aliphatic rings. The van der Waals surface area contributed by atoms with Crippen molar-refractivity contribution in [1.82, 2.24) is 24.1 Å². The third-order valence-electron chi connectivity index (χ3n) is 14.8. The highest BCUT2D eigenvalue weighted by molar-refractivity contribution is 6.26. The van der Waals surface area contributed by atoms with E-state index in [1.165, 1.54) is 10.9 Å². The van der Waals surface area contributed by atoms with E-state index in [0.717, 1.165) is 116 Å². The summed E-state index contributed by atoms with van der Waals surface area (Å²) in [6, 6.07) is 92.0. The number of rotatable bonds is 8. The van der Waals surface area contributed by atoms with Gasteiger partial charge in [-0.25, -0.2) is 15.0 Å². The van der Waals surface area contributed by atoms with Gasteiger partial charge in [0.15, 0.2) is 28.6 Å². The summed E-state index contributed by atoms with van der Waals surface area (Å²) in [5.41, 5.74) is 17.5. The molecule has 350 valence electrons. The minimum atomic E-state index is 0.590. The van der Waals surface area contributed by atoms with Gasteiger partial charge in [0.2, 0.25) is 0 Å². The Hall–Kier alpha value is -10.2. The maximum Gasteiger partial charge on any atom is 0.164 e. The van der Waals surface area contributed by atoms with Crippen LogP contribution in [0.25, 0.3) is 144 Å². The van der Waals surface area contributed by atoms with E-state index >= 15 is 0 Å². The molecule has 0 spiro atoms. The molecule has 75 heavy (non-hydrogen) atoms. The normalized spacial score (nSPS) is 11.7. The molecule has 6 heteroatoms. The molecule has 0 saturated heterocycles. The summed E-state index contributed by atoms with van der Waals surface area (Å²) < 4.78 is 12.1. The van der Waals surface area contributed by atoms with Crippen LogP contribution in [0.5, 0.6) is 0 Å². The quantitative estimate of drug-likeness (QED) is 0.152. The fourth-order valence-electron chi connectivity index (χ4n) is 11.3. The smallest absolute Gasteiger partial charge is 0.164 e. The molecule has 0 radical (unpaired) electrons. The molecule has 0 N–H and O–H groups in total. The van der Waals surface area contributed by atoms with Crippen molar-refractivity contribution in [1.29, 1.82) is 0 Å². The van der Waals surface area contributed by atoms with Crippen molar-refractivity contribution in [2.75, 3.05) is 0 Å². The van der Waals surface area contributed by atoms with Crippen molar-refractivity contribution in [2.45, 2.75) is 0 Å². The van der Waals surface area contributed by atoms with Gasteiger partial charge >= 0.3 is 0 Å². The van der Waals surface area contributed by atoms with Crippen LogP contribution in [0.4, 0.5) is 0 Å². The largest absolute Gasteiger partial charge is 0.452 e. The monoisotopic (exact) mass is 957 g/mol. The summed E-state index contributed by atoms with van der Waals surface area (Å²) in [6.07, 6.45) is 0. The van der Waals surface area contributed by atoms with E-state index in [4.69, 9.17) is 19.4 Å². The second-order valence-electron chi connectivity index (χ2n) is 19.1. The Morgan fingerprint density at radius 3 is 1.25 bits per heavy atom. The Morgan fingerprint density at radius 2 is 0.667 bits per heavy atom. The second-order valence-corrected chi connectivity index (χ2v) is 19.1. The lowest BCUT2D eigenvalue weighted by molar-refractivity contribution is 0.673. The first-order valence-corrected chi connectivity index (χ1v) is 25.3. The number of aromatic nitrogens is 5. The van der Waals surface area contributed by atoms with Crippen LogP contribution in [0, 0.1) is 0 Å². The fourth-order valence-corrected chi connectivity index (χ4v) is 11.3. The Kier molecular flexibility index (Phi) is 9.78. The van der Waals surface area contributed by atoms with Crippen LogP contribution >= 0.6 is 0 Å². The molecule has 0 bridgehead atoms. The van der Waals surface area contributed by atoms with Gasteiger partial charge < -0.3 is 13.6 Å². The topological polar surface area (TPSA) is 61.7 Å². The molecule has 15 aromatic rings. The zero-order chi connectivity index (χ0) is 49.4. The molecule has 0 saturated carbocycles. The van der Waals surface area contributed by atoms with E-state index in [1.54, 1.807) is 0 Å². The predicted molar refractivity (Wildman–Crippen MR) is 308 cm³/mol. The predicted octanol–water partition coefficient (Wildman–Crippen LogP) is 18.0. The van der Waals surface area contributed by atoms with Crippen molar-refractivity contribution in [3.63, 3.8) is 0 Å². The van der Waals surface area contributed by atoms with E-state index in [9.17, 15) is 0 Å². The highest BCUT2D eigenvalue weighted by Gasteiger charge is 2.24. The zero-order valence-electron chi connectivity index (χ0n) is 40.5. The summed E-state index contributed by atoms with van der Waals surface area (Å²) >= 11 is 0. The molecule has 0 aliphatic carbocycles. The highest BCUT2D eigenvalue weighted by atomic mass is 16.3. The lowest BCUT2D eigenvalue weighted by Gasteiger charge is -2.13. The van der Waals surface area contributed by atoms with E-state index in [1.807, 2.05) is 18.2 Å². The first-order chi connectivity index (χ1) is 37.2. The number of furan rings is 1. The summed E-state index contributed by atoms with van der Waals surface area (Å²) in [5.74, 6) is 1.80. The first kappa shape index (κ1) is 42.5. The summed E-state index contributed by atoms with van der Waals surface area (Å²) in [5, 5.41) is 6.73. The Bertz CT molecular complexity index is 4670. The van der Waals surface area contributed by atoms with Gasteiger partial charge in [-0.2, -0.15) is 0 Å². The van der Waals surface area contributed by atoms with Crippen molar-refractivity contribution >= 4 is 65.6 Å². The Labute approximate surface area is 431 Å². The number of hydrogen-bond acceptors (Lipinski definition) is 4. The van der Waals surface area contributed by atoms with Crippen molar-refractivity contribution in [2.24, 2.45) is 0 Å². The van der Waals surface area contributed by atoms with Crippen LogP contribution in [-0.2, 0) is 0 Å². The number of nitrogens with zero attached hydrogens (tertiary/aromatic N) is 5. The summed E-state index contributed by atoms with van der Waals surface area (Å²) in [4.78, 5) is 15.7. The molecule has 0 atom stereocenters. The van der Waals surface area contributed by atoms with Gasteiger partial charge in [-0.05, 0) is 94.0 Å². The van der Waals surface area contributed by atoms with Gasteiger partial charge in [-0.15, -0.1) is 0 Å². The molecule has 6 nitrogen and oxygen atoms in total. The Balaban J connectivity index is 0.903. The van der Waals surface area contributed by atoms with E-state index in [-0.39, 0.29) is 0 Å². The van der Waals surface area contributed by atoms with Gasteiger partial charge in [0, 0.05) is 60.4 Å². The number of hydrogen-bond donors (Lipinski definition) is 0. The Morgan fingerprint density at radius 1 is 0.253 bits per heavy atom. The molecule has 4 heterocycles. The van der Waals surface area contributed by atoms with Gasteiger partial charge in [-0.3, -0.25) is 0 Å². The van der Waals surface area contributed by atoms with Gasteiger partial charge in [0.1, 0.15) is 0 Å². The maximum absolute atomic E-state index is 7.39. The van der Waals surface area contributed by atoms with Crippen LogP contribution in [0.1, 0.15) is 0 Å². The standard InChI is InChI=1S/C69H43N5O/c1-4-17-44(18-5-1)46-31-33-48(34-32-46)67-70-68(72-69(71-67)60-28-11-10-25-53(60)47-21-8-3-9-22-47)49-35-37-51(38-36-49)73-61-29-14-12-26-54(61)56-39-41-58-59-42-40-57-55-27-13-15-30-62(55)74(64(57)66(59)75-65(58)63(56)73)52-24-16-23-50(43-52)45-19-6-2-7-20-45/h1-43H. The van der Waals surface area contributed by atoms with E-state index < -0.39 is 0 Å². The number of para-hydroxylation sites is 2. The summed E-state index contributed by atoms with van der Waals surface area (Å²) in [7, 11) is 0. The molecule has 4 aromatic heterocycles. The molecule has 0 fully saturated rings. The minimum absolute atomic E-state index is 0.590. The lowest BCUT2D eigenvalue weighted by atomic mass is 9.99. The maximum atomic E-state index is 7.39. The molecule has 0 amide bonds. The average molecular weight is 958 g/mol. The first-order valence-electron chi connectivity index (χ1n) is 25.3. The zero-order valence-corrected chi connectivity index (χ0v) is 40.5. The highest BCUT2D eigenvalue weighted by Crippen LogP contribution is 2.45. The third-order valence-corrected chi connectivity index (χ3v) is 14.8. The molecule has 0 aliphatic heterocycles. The third kappa shape index (κ3) is 6.99. The molecular formula is C69H43N5O. The number of fused-ring (bicyclic) bond motifs is 11. The van der Waals surface area contributed by atoms with Crippen molar-refractivity contribution in [3.05, 3.63) is 261 Å². The van der Waals surface area contributed by atoms with Crippen molar-refractivity contribution in [3.8, 4) is 78.9 Å². The van der Waals surface area contributed by atoms with Crippen LogP contribution in [0.2, 0.25) is 0 Å². The molecule has 11 aromatic carbocycles. The molecular weight excluding hydrogens is 915 g/mol. The van der Waals surface area contributed by atoms with E-state index in [2.05, 4.69) is 252 Å². The number of benzene rings is 11. The van der Waals surface area contributed by atoms with Gasteiger partial charge in [0.05, 0.1) is 22.1 Å². The van der Waals surface area contributed by atoms with Gasteiger partial charge in [0.25, 0.3) is 0 Å². The minimum Gasteiger partial charge on any atom is -0.452 e. The van der Waals surface area contributed by atoms with Crippen LogP contribution < -0.4 is 0 Å².